The minimum Gasteiger partial charge on any atom is -0.493 e. The van der Waals surface area contributed by atoms with Crippen molar-refractivity contribution in [1.29, 1.82) is 5.26 Å². The zero-order chi connectivity index (χ0) is 26.3. The molecule has 2 heterocycles. The van der Waals surface area contributed by atoms with E-state index in [0.29, 0.717) is 39.5 Å². The standard InChI is InChI=1S/C28H21BrN2O6/c1-14-17-9-7-15(29)11-22(17)36-25(14)28(32)35-16-8-10-18-23(12-16)37-27(31)20(13-30)24(18)19-5-4-6-21(33-2)26(19)34-3/h4-12,24H,31H2,1-3H3. The maximum Gasteiger partial charge on any atom is 0.379 e. The molecule has 1 unspecified atom stereocenters. The van der Waals surface area contributed by atoms with Crippen molar-refractivity contribution in [3.8, 4) is 29.1 Å². The van der Waals surface area contributed by atoms with Gasteiger partial charge in [0, 0.05) is 32.6 Å². The molecule has 0 saturated heterocycles. The van der Waals surface area contributed by atoms with Crippen molar-refractivity contribution >= 4 is 32.9 Å². The fourth-order valence-electron chi connectivity index (χ4n) is 4.51. The molecule has 1 aromatic heterocycles. The lowest BCUT2D eigenvalue weighted by atomic mass is 9.83. The molecule has 37 heavy (non-hydrogen) atoms. The van der Waals surface area contributed by atoms with Crippen LogP contribution in [0.1, 0.15) is 33.2 Å². The molecule has 0 radical (unpaired) electrons. The zero-order valence-electron chi connectivity index (χ0n) is 20.1. The summed E-state index contributed by atoms with van der Waals surface area (Å²) in [7, 11) is 3.07. The Kier molecular flexibility index (Phi) is 6.27. The summed E-state index contributed by atoms with van der Waals surface area (Å²) in [4.78, 5) is 13.0. The first kappa shape index (κ1) is 24.3. The smallest absolute Gasteiger partial charge is 0.379 e. The van der Waals surface area contributed by atoms with E-state index < -0.39 is 11.9 Å². The van der Waals surface area contributed by atoms with E-state index in [2.05, 4.69) is 22.0 Å². The maximum atomic E-state index is 13.0. The molecule has 0 spiro atoms. The Morgan fingerprint density at radius 1 is 1.08 bits per heavy atom. The molecular formula is C28H21BrN2O6. The van der Waals surface area contributed by atoms with Gasteiger partial charge in [-0.2, -0.15) is 5.26 Å². The van der Waals surface area contributed by atoms with Gasteiger partial charge in [0.1, 0.15) is 28.7 Å². The highest BCUT2D eigenvalue weighted by Gasteiger charge is 2.34. The highest BCUT2D eigenvalue weighted by atomic mass is 79.9. The van der Waals surface area contributed by atoms with E-state index in [1.165, 1.54) is 14.2 Å². The van der Waals surface area contributed by atoms with Crippen LogP contribution in [-0.2, 0) is 0 Å². The van der Waals surface area contributed by atoms with Crippen LogP contribution in [0.4, 0.5) is 0 Å². The summed E-state index contributed by atoms with van der Waals surface area (Å²) in [6.07, 6.45) is 0. The fraction of sp³-hybridized carbons (Fsp3) is 0.143. The summed E-state index contributed by atoms with van der Waals surface area (Å²) in [6, 6.07) is 18.0. The number of aryl methyl sites for hydroxylation is 1. The Bertz CT molecular complexity index is 1630. The largest absolute Gasteiger partial charge is 0.493 e. The SMILES string of the molecule is COc1cccc(C2C(C#N)=C(N)Oc3cc(OC(=O)c4oc5cc(Br)ccc5c4C)ccc32)c1OC. The van der Waals surface area contributed by atoms with Crippen LogP contribution in [0.25, 0.3) is 11.0 Å². The number of hydrogen-bond acceptors (Lipinski definition) is 8. The first-order valence-electron chi connectivity index (χ1n) is 11.2. The number of ether oxygens (including phenoxy) is 4. The number of fused-ring (bicyclic) bond motifs is 2. The Balaban J connectivity index is 1.53. The molecule has 4 aromatic rings. The van der Waals surface area contributed by atoms with Crippen LogP contribution in [0, 0.1) is 18.3 Å². The van der Waals surface area contributed by atoms with E-state index >= 15 is 0 Å². The highest BCUT2D eigenvalue weighted by Crippen LogP contribution is 2.48. The van der Waals surface area contributed by atoms with Crippen LogP contribution in [0.3, 0.4) is 0 Å². The molecule has 2 N–H and O–H groups in total. The number of carbonyl (C=O) groups excluding carboxylic acids is 1. The van der Waals surface area contributed by atoms with Crippen LogP contribution in [0.5, 0.6) is 23.0 Å². The van der Waals surface area contributed by atoms with Gasteiger partial charge < -0.3 is 29.1 Å². The third kappa shape index (κ3) is 4.15. The van der Waals surface area contributed by atoms with Crippen LogP contribution < -0.4 is 24.7 Å². The molecule has 9 heteroatoms. The van der Waals surface area contributed by atoms with Crippen molar-refractivity contribution < 1.29 is 28.2 Å². The van der Waals surface area contributed by atoms with Crippen molar-refractivity contribution in [1.82, 2.24) is 0 Å². The lowest BCUT2D eigenvalue weighted by molar-refractivity contribution is 0.0702. The molecule has 1 aliphatic heterocycles. The van der Waals surface area contributed by atoms with Gasteiger partial charge in [-0.05, 0) is 37.3 Å². The number of nitrogens with zero attached hydrogens (tertiary/aromatic N) is 1. The molecule has 3 aromatic carbocycles. The number of halogens is 1. The monoisotopic (exact) mass is 560 g/mol. The molecule has 0 fully saturated rings. The molecule has 1 aliphatic rings. The summed E-state index contributed by atoms with van der Waals surface area (Å²) in [6.45, 7) is 1.80. The van der Waals surface area contributed by atoms with Gasteiger partial charge in [0.05, 0.1) is 20.1 Å². The molecule has 1 atom stereocenters. The third-order valence-electron chi connectivity index (χ3n) is 6.23. The number of furan rings is 1. The summed E-state index contributed by atoms with van der Waals surface area (Å²) in [5.41, 5.74) is 8.96. The van der Waals surface area contributed by atoms with Crippen LogP contribution >= 0.6 is 15.9 Å². The summed E-state index contributed by atoms with van der Waals surface area (Å²) >= 11 is 3.41. The van der Waals surface area contributed by atoms with Crippen LogP contribution in [0.15, 0.2) is 74.9 Å². The summed E-state index contributed by atoms with van der Waals surface area (Å²) in [5, 5.41) is 10.7. The molecule has 5 rings (SSSR count). The van der Waals surface area contributed by atoms with Crippen molar-refractivity contribution in [2.45, 2.75) is 12.8 Å². The van der Waals surface area contributed by atoms with E-state index in [-0.39, 0.29) is 23.0 Å². The van der Waals surface area contributed by atoms with Crippen molar-refractivity contribution in [2.75, 3.05) is 14.2 Å². The number of para-hydroxylation sites is 1. The number of methoxy groups -OCH3 is 2. The van der Waals surface area contributed by atoms with E-state index in [9.17, 15) is 10.1 Å². The summed E-state index contributed by atoms with van der Waals surface area (Å²) in [5.74, 6) is 0.404. The molecular weight excluding hydrogens is 540 g/mol. The minimum atomic E-state index is -0.646. The lowest BCUT2D eigenvalue weighted by Crippen LogP contribution is -2.21. The number of esters is 1. The average Bonchev–Trinajstić information content (AvgIpc) is 3.22. The van der Waals surface area contributed by atoms with Crippen molar-refractivity contribution in [3.63, 3.8) is 0 Å². The van der Waals surface area contributed by atoms with E-state index in [1.807, 2.05) is 18.2 Å². The second-order valence-corrected chi connectivity index (χ2v) is 9.21. The predicted octanol–water partition coefficient (Wildman–Crippen LogP) is 5.96. The van der Waals surface area contributed by atoms with E-state index in [0.717, 1.165) is 9.86 Å². The molecule has 186 valence electrons. The number of nitrogens with two attached hydrogens (primary N) is 1. The number of hydrogen-bond donors (Lipinski definition) is 1. The van der Waals surface area contributed by atoms with Gasteiger partial charge in [0.25, 0.3) is 0 Å². The molecule has 0 saturated carbocycles. The topological polar surface area (TPSA) is 117 Å². The van der Waals surface area contributed by atoms with Gasteiger partial charge in [-0.25, -0.2) is 4.79 Å². The molecule has 8 nitrogen and oxygen atoms in total. The highest BCUT2D eigenvalue weighted by molar-refractivity contribution is 9.10. The second-order valence-electron chi connectivity index (χ2n) is 8.29. The number of benzene rings is 3. The normalized spacial score (nSPS) is 14.5. The maximum absolute atomic E-state index is 13.0. The Morgan fingerprint density at radius 3 is 2.62 bits per heavy atom. The zero-order valence-corrected chi connectivity index (χ0v) is 21.7. The van der Waals surface area contributed by atoms with E-state index in [4.69, 9.17) is 29.1 Å². The quantitative estimate of drug-likeness (QED) is 0.235. The van der Waals surface area contributed by atoms with Gasteiger partial charge in [0.15, 0.2) is 11.5 Å². The number of nitriles is 1. The molecule has 0 aliphatic carbocycles. The van der Waals surface area contributed by atoms with Gasteiger partial charge in [0.2, 0.25) is 11.6 Å². The summed E-state index contributed by atoms with van der Waals surface area (Å²) < 4.78 is 29.1. The predicted molar refractivity (Wildman–Crippen MR) is 139 cm³/mol. The number of rotatable bonds is 5. The van der Waals surface area contributed by atoms with Crippen molar-refractivity contribution in [2.24, 2.45) is 5.73 Å². The average molecular weight is 561 g/mol. The van der Waals surface area contributed by atoms with E-state index in [1.54, 1.807) is 43.3 Å². The lowest BCUT2D eigenvalue weighted by Gasteiger charge is -2.28. The molecule has 0 amide bonds. The molecule has 0 bridgehead atoms. The third-order valence-corrected chi connectivity index (χ3v) is 6.72. The first-order chi connectivity index (χ1) is 17.9. The van der Waals surface area contributed by atoms with Gasteiger partial charge in [-0.15, -0.1) is 0 Å². The van der Waals surface area contributed by atoms with Crippen molar-refractivity contribution in [3.05, 3.63) is 93.0 Å². The van der Waals surface area contributed by atoms with Gasteiger partial charge in [-0.3, -0.25) is 0 Å². The Labute approximate surface area is 220 Å². The fourth-order valence-corrected chi connectivity index (χ4v) is 4.85. The van der Waals surface area contributed by atoms with Gasteiger partial charge in [-0.1, -0.05) is 34.1 Å². The van der Waals surface area contributed by atoms with Gasteiger partial charge >= 0.3 is 5.97 Å². The first-order valence-corrected chi connectivity index (χ1v) is 12.0. The van der Waals surface area contributed by atoms with Crippen LogP contribution in [-0.4, -0.2) is 20.2 Å². The second kappa shape index (κ2) is 9.56. The number of allylic oxidation sites excluding steroid dienone is 1. The Morgan fingerprint density at radius 2 is 1.89 bits per heavy atom. The Hall–Kier alpha value is -4.42. The number of carbonyl (C=O) groups is 1. The minimum absolute atomic E-state index is 0.0490. The van der Waals surface area contributed by atoms with Crippen LogP contribution in [0.2, 0.25) is 0 Å².